The number of hydrogen-bond donors (Lipinski definition) is 0. The fourth-order valence-electron chi connectivity index (χ4n) is 0.962. The average molecular weight is 272 g/mol. The second-order valence-electron chi connectivity index (χ2n) is 2.57. The zero-order chi connectivity index (χ0) is 8.10. The molecule has 13 heavy (non-hydrogen) atoms. The molecule has 0 aliphatic carbocycles. The van der Waals surface area contributed by atoms with Crippen LogP contribution in [0.4, 0.5) is 0 Å². The van der Waals surface area contributed by atoms with Crippen LogP contribution in [0.5, 0.6) is 0 Å². The molecule has 68 valence electrons. The molecule has 0 aromatic heterocycles. The van der Waals surface area contributed by atoms with Crippen molar-refractivity contribution in [1.82, 2.24) is 0 Å². The maximum Gasteiger partial charge on any atom is 2.00 e. The topological polar surface area (TPSA) is 0 Å². The number of unbranched alkanes of at least 4 members (excludes halogenated alkanes) is 1. The van der Waals surface area contributed by atoms with E-state index in [1.807, 2.05) is 12.1 Å². The minimum absolute atomic E-state index is 0. The van der Waals surface area contributed by atoms with Gasteiger partial charge in [-0.1, -0.05) is 35.7 Å². The van der Waals surface area contributed by atoms with Crippen LogP contribution in [0.3, 0.4) is 0 Å². The Morgan fingerprint density at radius 2 is 1.77 bits per heavy atom. The summed E-state index contributed by atoms with van der Waals surface area (Å²) in [5.74, 6) is 0. The van der Waals surface area contributed by atoms with Gasteiger partial charge in [0.25, 0.3) is 0 Å². The van der Waals surface area contributed by atoms with Gasteiger partial charge in [0.2, 0.25) is 0 Å². The summed E-state index contributed by atoms with van der Waals surface area (Å²) in [6.45, 7) is 2.08. The Labute approximate surface area is 112 Å². The molecule has 1 rings (SSSR count). The van der Waals surface area contributed by atoms with Gasteiger partial charge in [0.15, 0.2) is 0 Å². The molecule has 3 heteroatoms. The van der Waals surface area contributed by atoms with Gasteiger partial charge in [-0.3, -0.25) is 0 Å². The Hall–Kier alpha value is 0.756. The van der Waals surface area contributed by atoms with Crippen molar-refractivity contribution < 1.29 is 17.0 Å². The molecule has 0 atom stereocenters. The fraction of sp³-hybridized carbons (Fsp3) is 0.300. The summed E-state index contributed by atoms with van der Waals surface area (Å²) in [4.78, 5) is 0. The SMILES string of the molecule is C[CH-]CCc1ccc(Cl)cc1.[Br-].[Mg+2]. The Bertz CT molecular complexity index is 211. The molecule has 0 saturated heterocycles. The molecule has 0 heterocycles. The Morgan fingerprint density at radius 3 is 2.23 bits per heavy atom. The number of halogens is 2. The molecule has 1 aromatic carbocycles. The Kier molecular flexibility index (Phi) is 11.6. The van der Waals surface area contributed by atoms with Crippen molar-refractivity contribution in [2.75, 3.05) is 0 Å². The van der Waals surface area contributed by atoms with Crippen LogP contribution < -0.4 is 17.0 Å². The van der Waals surface area contributed by atoms with Crippen molar-refractivity contribution in [3.63, 3.8) is 0 Å². The first kappa shape index (κ1) is 16.2. The first-order valence-electron chi connectivity index (χ1n) is 3.85. The molecule has 0 saturated carbocycles. The van der Waals surface area contributed by atoms with Gasteiger partial charge >= 0.3 is 23.1 Å². The van der Waals surface area contributed by atoms with E-state index in [0.29, 0.717) is 0 Å². The predicted molar refractivity (Wildman–Crippen MR) is 55.5 cm³/mol. The molecule has 0 unspecified atom stereocenters. The van der Waals surface area contributed by atoms with Crippen LogP contribution in [0, 0.1) is 6.42 Å². The molecule has 0 nitrogen and oxygen atoms in total. The predicted octanol–water partition coefficient (Wildman–Crippen LogP) is 0.120. The summed E-state index contributed by atoms with van der Waals surface area (Å²) in [5.41, 5.74) is 1.35. The second-order valence-corrected chi connectivity index (χ2v) is 3.01. The molecule has 0 bridgehead atoms. The average Bonchev–Trinajstić information content (AvgIpc) is 2.04. The van der Waals surface area contributed by atoms with Crippen LogP contribution in [0.2, 0.25) is 5.02 Å². The van der Waals surface area contributed by atoms with E-state index in [0.717, 1.165) is 17.9 Å². The number of rotatable bonds is 3. The standard InChI is InChI=1S/C10H12Cl.BrH.Mg/c1-2-3-4-9-5-7-10(11)8-6-9;;/h2,5-8H,3-4H2,1H3;1H;/q-1;;+2/p-1. The van der Waals surface area contributed by atoms with E-state index >= 15 is 0 Å². The van der Waals surface area contributed by atoms with E-state index in [-0.39, 0.29) is 40.0 Å². The quantitative estimate of drug-likeness (QED) is 0.541. The maximum absolute atomic E-state index is 5.74. The largest absolute Gasteiger partial charge is 2.00 e. The second kappa shape index (κ2) is 9.32. The zero-order valence-corrected chi connectivity index (χ0v) is 11.5. The number of aryl methyl sites for hydroxylation is 1. The summed E-state index contributed by atoms with van der Waals surface area (Å²) < 4.78 is 0. The summed E-state index contributed by atoms with van der Waals surface area (Å²) in [6.07, 6.45) is 4.43. The van der Waals surface area contributed by atoms with Crippen LogP contribution in [0.1, 0.15) is 18.9 Å². The third-order valence-corrected chi connectivity index (χ3v) is 1.89. The fourth-order valence-corrected chi connectivity index (χ4v) is 1.09. The monoisotopic (exact) mass is 270 g/mol. The Balaban J connectivity index is 0. The third-order valence-electron chi connectivity index (χ3n) is 1.63. The van der Waals surface area contributed by atoms with Gasteiger partial charge in [-0.05, 0) is 12.1 Å². The first-order chi connectivity index (χ1) is 5.33. The van der Waals surface area contributed by atoms with Crippen molar-refractivity contribution in [2.24, 2.45) is 0 Å². The number of benzene rings is 1. The molecule has 0 aliphatic rings. The first-order valence-corrected chi connectivity index (χ1v) is 4.23. The zero-order valence-electron chi connectivity index (χ0n) is 7.76. The van der Waals surface area contributed by atoms with Crippen molar-refractivity contribution in [2.45, 2.75) is 19.8 Å². The van der Waals surface area contributed by atoms with Crippen molar-refractivity contribution in [3.8, 4) is 0 Å². The van der Waals surface area contributed by atoms with Crippen LogP contribution >= 0.6 is 11.6 Å². The third kappa shape index (κ3) is 6.78. The van der Waals surface area contributed by atoms with E-state index in [9.17, 15) is 0 Å². The van der Waals surface area contributed by atoms with Crippen LogP contribution in [-0.2, 0) is 6.42 Å². The van der Waals surface area contributed by atoms with Crippen molar-refractivity contribution in [3.05, 3.63) is 41.3 Å². The van der Waals surface area contributed by atoms with E-state index in [1.54, 1.807) is 0 Å². The normalized spacial score (nSPS) is 8.46. The summed E-state index contributed by atoms with van der Waals surface area (Å²) >= 11 is 5.74. The molecule has 0 amide bonds. The van der Waals surface area contributed by atoms with Crippen molar-refractivity contribution in [1.29, 1.82) is 0 Å². The maximum atomic E-state index is 5.74. The van der Waals surface area contributed by atoms with Crippen molar-refractivity contribution >= 4 is 34.7 Å². The van der Waals surface area contributed by atoms with Crippen LogP contribution in [-0.4, -0.2) is 23.1 Å². The molecule has 0 radical (unpaired) electrons. The summed E-state index contributed by atoms with van der Waals surface area (Å²) in [5, 5.41) is 0.814. The van der Waals surface area contributed by atoms with Crippen LogP contribution in [0.15, 0.2) is 24.3 Å². The minimum Gasteiger partial charge on any atom is -1.00 e. The smallest absolute Gasteiger partial charge is 1.00 e. The molecule has 0 fully saturated rings. The summed E-state index contributed by atoms with van der Waals surface area (Å²) in [7, 11) is 0. The van der Waals surface area contributed by atoms with Gasteiger partial charge in [0, 0.05) is 5.02 Å². The minimum atomic E-state index is 0. The van der Waals surface area contributed by atoms with Gasteiger partial charge in [0.1, 0.15) is 0 Å². The summed E-state index contributed by atoms with van der Waals surface area (Å²) in [6, 6.07) is 8.02. The molecule has 0 spiro atoms. The van der Waals surface area contributed by atoms with Gasteiger partial charge in [-0.15, -0.1) is 0 Å². The van der Waals surface area contributed by atoms with Gasteiger partial charge < -0.3 is 23.4 Å². The van der Waals surface area contributed by atoms with Crippen LogP contribution in [0.25, 0.3) is 0 Å². The molecular formula is C10H12BrClMg. The molecule has 0 N–H and O–H groups in total. The van der Waals surface area contributed by atoms with E-state index in [2.05, 4.69) is 25.5 Å². The molecule has 1 aromatic rings. The Morgan fingerprint density at radius 1 is 1.23 bits per heavy atom. The van der Waals surface area contributed by atoms with Gasteiger partial charge in [-0.25, -0.2) is 0 Å². The molecular weight excluding hydrogens is 260 g/mol. The van der Waals surface area contributed by atoms with Gasteiger partial charge in [0.05, 0.1) is 0 Å². The molecule has 0 aliphatic heterocycles. The van der Waals surface area contributed by atoms with E-state index in [4.69, 9.17) is 11.6 Å². The number of hydrogen-bond acceptors (Lipinski definition) is 0. The van der Waals surface area contributed by atoms with Gasteiger partial charge in [-0.2, -0.15) is 13.3 Å². The van der Waals surface area contributed by atoms with E-state index < -0.39 is 0 Å². The van der Waals surface area contributed by atoms with E-state index in [1.165, 1.54) is 5.56 Å².